The summed E-state index contributed by atoms with van der Waals surface area (Å²) in [6.07, 6.45) is 0.979. The molecule has 5 nitrogen and oxygen atoms in total. The first-order valence-electron chi connectivity index (χ1n) is 7.69. The Bertz CT molecular complexity index is 761. The van der Waals surface area contributed by atoms with E-state index in [0.29, 0.717) is 6.04 Å². The molecule has 2 heterocycles. The van der Waals surface area contributed by atoms with E-state index in [1.165, 1.54) is 5.69 Å². The molecule has 1 fully saturated rings. The third-order valence-corrected chi connectivity index (χ3v) is 5.15. The predicted molar refractivity (Wildman–Crippen MR) is 91.2 cm³/mol. The molecule has 0 radical (unpaired) electrons. The molecule has 1 atom stereocenters. The van der Waals surface area contributed by atoms with E-state index in [1.807, 2.05) is 29.2 Å². The molecule has 2 aromatic rings. The molecule has 1 unspecified atom stereocenters. The van der Waals surface area contributed by atoms with Gasteiger partial charge in [0.2, 0.25) is 5.91 Å². The van der Waals surface area contributed by atoms with Crippen molar-refractivity contribution in [2.75, 3.05) is 20.2 Å². The fraction of sp³-hybridized carbons (Fsp3) is 0.412. The molecule has 1 aliphatic heterocycles. The number of likely N-dealkylation sites (tertiary alicyclic amines) is 1. The zero-order chi connectivity index (χ0) is 16.4. The zero-order valence-corrected chi connectivity index (χ0v) is 14.5. The van der Waals surface area contributed by atoms with Crippen LogP contribution in [0.25, 0.3) is 0 Å². The van der Waals surface area contributed by atoms with Gasteiger partial charge in [-0.05, 0) is 37.6 Å². The van der Waals surface area contributed by atoms with Crippen LogP contribution in [0.5, 0.6) is 5.75 Å². The SMILES string of the molecule is COc1ccc(N=c2scc(C)n2C2CCN(C(C)=O)C2)cc1. The van der Waals surface area contributed by atoms with Gasteiger partial charge in [-0.3, -0.25) is 4.79 Å². The summed E-state index contributed by atoms with van der Waals surface area (Å²) in [7, 11) is 1.66. The number of methoxy groups -OCH3 is 1. The van der Waals surface area contributed by atoms with Gasteiger partial charge in [0.15, 0.2) is 4.80 Å². The van der Waals surface area contributed by atoms with Crippen molar-refractivity contribution < 1.29 is 9.53 Å². The first kappa shape index (κ1) is 15.8. The number of hydrogen-bond donors (Lipinski definition) is 0. The predicted octanol–water partition coefficient (Wildman–Crippen LogP) is 2.89. The highest BCUT2D eigenvalue weighted by Gasteiger charge is 2.26. The lowest BCUT2D eigenvalue weighted by Crippen LogP contribution is -2.29. The standard InChI is InChI=1S/C17H21N3O2S/c1-12-11-23-17(18-14-4-6-16(22-3)7-5-14)20(12)15-8-9-19(10-15)13(2)21/h4-7,11,15H,8-10H2,1-3H3. The topological polar surface area (TPSA) is 46.8 Å². The molecule has 0 bridgehead atoms. The van der Waals surface area contributed by atoms with E-state index in [4.69, 9.17) is 9.73 Å². The lowest BCUT2D eigenvalue weighted by Gasteiger charge is -2.16. The molecule has 1 aromatic heterocycles. The maximum Gasteiger partial charge on any atom is 0.219 e. The van der Waals surface area contributed by atoms with E-state index in [1.54, 1.807) is 25.4 Å². The van der Waals surface area contributed by atoms with E-state index >= 15 is 0 Å². The number of carbonyl (C=O) groups excluding carboxylic acids is 1. The molecular weight excluding hydrogens is 310 g/mol. The van der Waals surface area contributed by atoms with E-state index in [0.717, 1.165) is 35.7 Å². The maximum atomic E-state index is 11.6. The number of hydrogen-bond acceptors (Lipinski definition) is 4. The van der Waals surface area contributed by atoms with Crippen LogP contribution < -0.4 is 9.54 Å². The van der Waals surface area contributed by atoms with Crippen LogP contribution in [0.3, 0.4) is 0 Å². The molecule has 3 rings (SSSR count). The van der Waals surface area contributed by atoms with Gasteiger partial charge in [0.05, 0.1) is 18.8 Å². The van der Waals surface area contributed by atoms with Gasteiger partial charge in [-0.1, -0.05) is 0 Å². The Hall–Kier alpha value is -2.08. The molecule has 6 heteroatoms. The Morgan fingerprint density at radius 1 is 1.35 bits per heavy atom. The van der Waals surface area contributed by atoms with Crippen LogP contribution in [0.15, 0.2) is 34.6 Å². The molecule has 0 N–H and O–H groups in total. The minimum absolute atomic E-state index is 0.148. The summed E-state index contributed by atoms with van der Waals surface area (Å²) >= 11 is 1.64. The largest absolute Gasteiger partial charge is 0.497 e. The van der Waals surface area contributed by atoms with Crippen LogP contribution in [0, 0.1) is 6.92 Å². The van der Waals surface area contributed by atoms with Gasteiger partial charge < -0.3 is 14.2 Å². The average molecular weight is 331 g/mol. The second kappa shape index (κ2) is 6.58. The summed E-state index contributed by atoms with van der Waals surface area (Å²) in [4.78, 5) is 19.2. The fourth-order valence-corrected chi connectivity index (χ4v) is 3.89. The molecule has 0 saturated carbocycles. The van der Waals surface area contributed by atoms with Crippen LogP contribution in [0.4, 0.5) is 5.69 Å². The second-order valence-electron chi connectivity index (χ2n) is 5.75. The Morgan fingerprint density at radius 2 is 2.09 bits per heavy atom. The number of carbonyl (C=O) groups is 1. The summed E-state index contributed by atoms with van der Waals surface area (Å²) in [6, 6.07) is 8.04. The first-order valence-corrected chi connectivity index (χ1v) is 8.57. The van der Waals surface area contributed by atoms with E-state index < -0.39 is 0 Å². The molecular formula is C17H21N3O2S. The summed E-state index contributed by atoms with van der Waals surface area (Å²) in [5.74, 6) is 0.974. The van der Waals surface area contributed by atoms with Crippen molar-refractivity contribution in [3.8, 4) is 5.75 Å². The number of amides is 1. The Morgan fingerprint density at radius 3 is 2.70 bits per heavy atom. The number of rotatable bonds is 3. The molecule has 0 aliphatic carbocycles. The van der Waals surface area contributed by atoms with Gasteiger partial charge in [-0.25, -0.2) is 4.99 Å². The molecule has 1 aromatic carbocycles. The van der Waals surface area contributed by atoms with Crippen LogP contribution in [-0.2, 0) is 4.79 Å². The summed E-state index contributed by atoms with van der Waals surface area (Å²) in [5, 5.41) is 2.12. The van der Waals surface area contributed by atoms with Gasteiger partial charge in [0, 0.05) is 31.1 Å². The number of benzene rings is 1. The van der Waals surface area contributed by atoms with E-state index in [9.17, 15) is 4.79 Å². The Labute approximate surface area is 139 Å². The lowest BCUT2D eigenvalue weighted by molar-refractivity contribution is -0.127. The third kappa shape index (κ3) is 3.32. The summed E-state index contributed by atoms with van der Waals surface area (Å²) < 4.78 is 7.44. The molecule has 1 amide bonds. The highest BCUT2D eigenvalue weighted by molar-refractivity contribution is 7.07. The van der Waals surface area contributed by atoms with Crippen molar-refractivity contribution in [1.82, 2.24) is 9.47 Å². The minimum Gasteiger partial charge on any atom is -0.497 e. The molecule has 1 aliphatic rings. The highest BCUT2D eigenvalue weighted by Crippen LogP contribution is 2.23. The van der Waals surface area contributed by atoms with Crippen molar-refractivity contribution in [1.29, 1.82) is 0 Å². The summed E-state index contributed by atoms with van der Waals surface area (Å²) in [5.41, 5.74) is 2.10. The van der Waals surface area contributed by atoms with E-state index in [2.05, 4.69) is 16.9 Å². The van der Waals surface area contributed by atoms with Gasteiger partial charge in [-0.15, -0.1) is 11.3 Å². The molecule has 1 saturated heterocycles. The Kier molecular flexibility index (Phi) is 4.52. The lowest BCUT2D eigenvalue weighted by atomic mass is 10.2. The number of nitrogens with zero attached hydrogens (tertiary/aromatic N) is 3. The van der Waals surface area contributed by atoms with Crippen LogP contribution in [-0.4, -0.2) is 35.6 Å². The smallest absolute Gasteiger partial charge is 0.219 e. The molecule has 23 heavy (non-hydrogen) atoms. The van der Waals surface area contributed by atoms with Crippen LogP contribution in [0.1, 0.15) is 25.1 Å². The number of aromatic nitrogens is 1. The summed E-state index contributed by atoms with van der Waals surface area (Å²) in [6.45, 7) is 5.32. The van der Waals surface area contributed by atoms with Gasteiger partial charge in [0.1, 0.15) is 5.75 Å². The second-order valence-corrected chi connectivity index (χ2v) is 6.58. The number of thiazole rings is 1. The van der Waals surface area contributed by atoms with Crippen LogP contribution in [0.2, 0.25) is 0 Å². The quantitative estimate of drug-likeness (QED) is 0.868. The minimum atomic E-state index is 0.148. The number of aryl methyl sites for hydroxylation is 1. The van der Waals surface area contributed by atoms with Crippen LogP contribution >= 0.6 is 11.3 Å². The Balaban J connectivity index is 1.92. The normalized spacial score (nSPS) is 18.5. The number of ether oxygens (including phenoxy) is 1. The van der Waals surface area contributed by atoms with Crippen molar-refractivity contribution >= 4 is 22.9 Å². The third-order valence-electron chi connectivity index (χ3n) is 4.19. The van der Waals surface area contributed by atoms with Gasteiger partial charge in [-0.2, -0.15) is 0 Å². The highest BCUT2D eigenvalue weighted by atomic mass is 32.1. The van der Waals surface area contributed by atoms with Gasteiger partial charge >= 0.3 is 0 Å². The first-order chi connectivity index (χ1) is 11.1. The van der Waals surface area contributed by atoms with Crippen molar-refractivity contribution in [2.45, 2.75) is 26.3 Å². The maximum absolute atomic E-state index is 11.6. The van der Waals surface area contributed by atoms with Crippen molar-refractivity contribution in [3.05, 3.63) is 40.1 Å². The monoisotopic (exact) mass is 331 g/mol. The van der Waals surface area contributed by atoms with Crippen molar-refractivity contribution in [2.24, 2.45) is 4.99 Å². The van der Waals surface area contributed by atoms with Crippen molar-refractivity contribution in [3.63, 3.8) is 0 Å². The fourth-order valence-electron chi connectivity index (χ4n) is 2.93. The zero-order valence-electron chi connectivity index (χ0n) is 13.7. The average Bonchev–Trinajstić information content (AvgIpc) is 3.15. The molecule has 122 valence electrons. The van der Waals surface area contributed by atoms with Gasteiger partial charge in [0.25, 0.3) is 0 Å². The molecule has 0 spiro atoms. The van der Waals surface area contributed by atoms with E-state index in [-0.39, 0.29) is 5.91 Å².